The number of carbonyl (C=O) groups excluding carboxylic acids is 1. The lowest BCUT2D eigenvalue weighted by molar-refractivity contribution is 0.102. The highest BCUT2D eigenvalue weighted by atomic mass is 32.2. The summed E-state index contributed by atoms with van der Waals surface area (Å²) in [6.07, 6.45) is 4.28. The minimum atomic E-state index is -3.30. The number of hydrogen-bond donors (Lipinski definition) is 1. The predicted octanol–water partition coefficient (Wildman–Crippen LogP) is 5.81. The number of aromatic nitrogens is 1. The molecule has 5 nitrogen and oxygen atoms in total. The molecule has 0 saturated carbocycles. The van der Waals surface area contributed by atoms with Gasteiger partial charge in [-0.3, -0.25) is 4.79 Å². The fourth-order valence-corrected chi connectivity index (χ4v) is 7.22. The second kappa shape index (κ2) is 8.10. The Kier molecular flexibility index (Phi) is 5.39. The van der Waals surface area contributed by atoms with Crippen LogP contribution in [0.3, 0.4) is 0 Å². The number of rotatable bonds is 4. The Labute approximate surface area is 195 Å². The molecule has 2 aromatic carbocycles. The van der Waals surface area contributed by atoms with E-state index in [1.54, 1.807) is 34.8 Å². The number of nitrogens with one attached hydrogen (secondary N) is 1. The molecule has 1 aliphatic rings. The standard InChI is InChI=1S/C24H22N2O3S3/c1-14-7-12-17-20(13-14)31-24(21(17)23-25-18-5-3-4-6-19(18)30-23)26-22(27)15-8-10-16(11-9-15)32(2,28)29/h3-6,8-11,14H,7,12-13H2,1-2H3,(H,26,27). The van der Waals surface area contributed by atoms with E-state index in [1.165, 1.54) is 22.6 Å². The van der Waals surface area contributed by atoms with Crippen LogP contribution in [0.5, 0.6) is 0 Å². The number of amides is 1. The number of para-hydroxylation sites is 1. The van der Waals surface area contributed by atoms with Crippen LogP contribution in [0.1, 0.15) is 34.1 Å². The van der Waals surface area contributed by atoms with Gasteiger partial charge in [0, 0.05) is 22.3 Å². The van der Waals surface area contributed by atoms with Crippen molar-refractivity contribution in [1.82, 2.24) is 4.98 Å². The van der Waals surface area contributed by atoms with Gasteiger partial charge in [-0.25, -0.2) is 13.4 Å². The Morgan fingerprint density at radius 3 is 2.56 bits per heavy atom. The first kappa shape index (κ1) is 21.3. The van der Waals surface area contributed by atoms with E-state index in [2.05, 4.69) is 18.3 Å². The van der Waals surface area contributed by atoms with Gasteiger partial charge in [-0.15, -0.1) is 22.7 Å². The maximum Gasteiger partial charge on any atom is 0.256 e. The molecule has 1 atom stereocenters. The summed E-state index contributed by atoms with van der Waals surface area (Å²) in [5.74, 6) is 0.371. The Morgan fingerprint density at radius 1 is 1.09 bits per heavy atom. The predicted molar refractivity (Wildman–Crippen MR) is 132 cm³/mol. The quantitative estimate of drug-likeness (QED) is 0.398. The van der Waals surface area contributed by atoms with Gasteiger partial charge in [-0.1, -0.05) is 19.1 Å². The molecule has 1 N–H and O–H groups in total. The fourth-order valence-electron chi connectivity index (χ4n) is 4.07. The maximum absolute atomic E-state index is 13.0. The van der Waals surface area contributed by atoms with Crippen LogP contribution in [0.2, 0.25) is 0 Å². The maximum atomic E-state index is 13.0. The molecule has 4 aromatic rings. The number of carbonyl (C=O) groups is 1. The molecule has 1 unspecified atom stereocenters. The largest absolute Gasteiger partial charge is 0.313 e. The molecular weight excluding hydrogens is 460 g/mol. The number of fused-ring (bicyclic) bond motifs is 2. The molecule has 0 spiro atoms. The topological polar surface area (TPSA) is 76.1 Å². The second-order valence-electron chi connectivity index (χ2n) is 8.29. The summed E-state index contributed by atoms with van der Waals surface area (Å²) >= 11 is 3.29. The molecule has 0 bridgehead atoms. The van der Waals surface area contributed by atoms with Crippen molar-refractivity contribution in [2.75, 3.05) is 11.6 Å². The molecule has 2 heterocycles. The zero-order valence-corrected chi connectivity index (χ0v) is 20.2. The fraction of sp³-hybridized carbons (Fsp3) is 0.250. The van der Waals surface area contributed by atoms with Crippen molar-refractivity contribution in [3.8, 4) is 10.6 Å². The number of nitrogens with zero attached hydrogens (tertiary/aromatic N) is 1. The van der Waals surface area contributed by atoms with E-state index < -0.39 is 9.84 Å². The van der Waals surface area contributed by atoms with Crippen LogP contribution in [0, 0.1) is 5.92 Å². The van der Waals surface area contributed by atoms with E-state index in [0.29, 0.717) is 11.5 Å². The van der Waals surface area contributed by atoms with Crippen LogP contribution in [-0.4, -0.2) is 25.6 Å². The molecule has 0 saturated heterocycles. The molecule has 8 heteroatoms. The van der Waals surface area contributed by atoms with Gasteiger partial charge in [0.15, 0.2) is 9.84 Å². The minimum Gasteiger partial charge on any atom is -0.313 e. The summed E-state index contributed by atoms with van der Waals surface area (Å²) in [5, 5.41) is 4.85. The number of thiophene rings is 1. The average molecular weight is 483 g/mol. The molecule has 1 aliphatic carbocycles. The molecule has 0 fully saturated rings. The van der Waals surface area contributed by atoms with Crippen LogP contribution in [0.15, 0.2) is 53.4 Å². The lowest BCUT2D eigenvalue weighted by atomic mass is 9.88. The zero-order valence-electron chi connectivity index (χ0n) is 17.7. The van der Waals surface area contributed by atoms with E-state index in [-0.39, 0.29) is 10.8 Å². The van der Waals surface area contributed by atoms with Gasteiger partial charge in [0.1, 0.15) is 10.0 Å². The molecule has 2 aromatic heterocycles. The lowest BCUT2D eigenvalue weighted by Crippen LogP contribution is -2.12. The summed E-state index contributed by atoms with van der Waals surface area (Å²) in [6, 6.07) is 14.1. The number of hydrogen-bond acceptors (Lipinski definition) is 6. The number of sulfone groups is 1. The molecule has 0 radical (unpaired) electrons. The van der Waals surface area contributed by atoms with E-state index >= 15 is 0 Å². The van der Waals surface area contributed by atoms with Crippen LogP contribution in [0.4, 0.5) is 5.00 Å². The van der Waals surface area contributed by atoms with Gasteiger partial charge in [-0.2, -0.15) is 0 Å². The van der Waals surface area contributed by atoms with Gasteiger partial charge >= 0.3 is 0 Å². The van der Waals surface area contributed by atoms with Crippen molar-refractivity contribution in [1.29, 1.82) is 0 Å². The van der Waals surface area contributed by atoms with Crippen molar-refractivity contribution < 1.29 is 13.2 Å². The SMILES string of the molecule is CC1CCc2c(sc(NC(=O)c3ccc(S(C)(=O)=O)cc3)c2-c2nc3ccccc3s2)C1. The van der Waals surface area contributed by atoms with E-state index in [9.17, 15) is 13.2 Å². The van der Waals surface area contributed by atoms with Crippen molar-refractivity contribution in [2.45, 2.75) is 31.1 Å². The first-order valence-corrected chi connectivity index (χ1v) is 13.9. The van der Waals surface area contributed by atoms with Gasteiger partial charge < -0.3 is 5.32 Å². The summed E-state index contributed by atoms with van der Waals surface area (Å²) in [4.78, 5) is 19.4. The first-order chi connectivity index (χ1) is 15.3. The molecule has 0 aliphatic heterocycles. The highest BCUT2D eigenvalue weighted by Crippen LogP contribution is 2.47. The van der Waals surface area contributed by atoms with Gasteiger partial charge in [0.05, 0.1) is 15.1 Å². The third-order valence-corrected chi connectivity index (χ3v) is 9.14. The van der Waals surface area contributed by atoms with Gasteiger partial charge in [-0.05, 0) is 67.1 Å². The third-order valence-electron chi connectivity index (χ3n) is 5.79. The highest BCUT2D eigenvalue weighted by Gasteiger charge is 2.27. The number of thiazole rings is 1. The van der Waals surface area contributed by atoms with Crippen LogP contribution >= 0.6 is 22.7 Å². The summed E-state index contributed by atoms with van der Waals surface area (Å²) in [6.45, 7) is 2.27. The van der Waals surface area contributed by atoms with E-state index in [1.807, 2.05) is 18.2 Å². The Balaban J connectivity index is 1.54. The average Bonchev–Trinajstić information content (AvgIpc) is 3.33. The monoisotopic (exact) mass is 482 g/mol. The lowest BCUT2D eigenvalue weighted by Gasteiger charge is -2.18. The van der Waals surface area contributed by atoms with Gasteiger partial charge in [0.25, 0.3) is 5.91 Å². The van der Waals surface area contributed by atoms with Crippen molar-refractivity contribution in [2.24, 2.45) is 5.92 Å². The van der Waals surface area contributed by atoms with E-state index in [4.69, 9.17) is 4.98 Å². The molecule has 32 heavy (non-hydrogen) atoms. The second-order valence-corrected chi connectivity index (χ2v) is 12.4. The van der Waals surface area contributed by atoms with Crippen LogP contribution < -0.4 is 5.32 Å². The third kappa shape index (κ3) is 3.98. The Bertz CT molecular complexity index is 1400. The van der Waals surface area contributed by atoms with Crippen molar-refractivity contribution in [3.63, 3.8) is 0 Å². The summed E-state index contributed by atoms with van der Waals surface area (Å²) in [5.41, 5.74) is 3.73. The Hall–Kier alpha value is -2.55. The smallest absolute Gasteiger partial charge is 0.256 e. The van der Waals surface area contributed by atoms with E-state index in [0.717, 1.165) is 51.3 Å². The normalized spacial score (nSPS) is 16.1. The minimum absolute atomic E-state index is 0.199. The van der Waals surface area contributed by atoms with Gasteiger partial charge in [0.2, 0.25) is 0 Å². The van der Waals surface area contributed by atoms with Crippen LogP contribution in [0.25, 0.3) is 20.8 Å². The molecule has 1 amide bonds. The molecular formula is C24H22N2O3S3. The number of anilines is 1. The van der Waals surface area contributed by atoms with Crippen LogP contribution in [-0.2, 0) is 22.7 Å². The first-order valence-electron chi connectivity index (χ1n) is 10.4. The molecule has 5 rings (SSSR count). The molecule has 164 valence electrons. The van der Waals surface area contributed by atoms with Crippen molar-refractivity contribution >= 4 is 53.6 Å². The summed E-state index contributed by atoms with van der Waals surface area (Å²) in [7, 11) is -3.30. The highest BCUT2D eigenvalue weighted by molar-refractivity contribution is 7.90. The van der Waals surface area contributed by atoms with Crippen molar-refractivity contribution in [3.05, 3.63) is 64.5 Å². The Morgan fingerprint density at radius 2 is 1.84 bits per heavy atom. The number of benzene rings is 2. The zero-order chi connectivity index (χ0) is 22.5. The summed E-state index contributed by atoms with van der Waals surface area (Å²) < 4.78 is 24.6.